The first-order valence-corrected chi connectivity index (χ1v) is 2.34. The smallest absolute Gasteiger partial charge is 0.861 e. The average molecular weight is 180 g/mol. The van der Waals surface area contributed by atoms with Gasteiger partial charge in [-0.3, -0.25) is 4.98 Å². The van der Waals surface area contributed by atoms with Gasteiger partial charge in [-0.2, -0.15) is 0 Å². The van der Waals surface area contributed by atoms with E-state index in [1.807, 2.05) is 18.2 Å². The van der Waals surface area contributed by atoms with Gasteiger partial charge in [-0.25, -0.2) is 0 Å². The van der Waals surface area contributed by atoms with Gasteiger partial charge in [-0.1, -0.05) is 6.07 Å². The zero-order valence-electron chi connectivity index (χ0n) is 6.27. The van der Waals surface area contributed by atoms with Crippen LogP contribution in [0.25, 0.3) is 0 Å². The van der Waals surface area contributed by atoms with Crippen LogP contribution in [0.1, 0.15) is 0 Å². The fourth-order valence-corrected chi connectivity index (χ4v) is 0.313. The van der Waals surface area contributed by atoms with Crippen molar-refractivity contribution in [1.82, 2.24) is 4.98 Å². The summed E-state index contributed by atoms with van der Waals surface area (Å²) in [6.07, 6.45) is 3.50. The van der Waals surface area contributed by atoms with Gasteiger partial charge in [-0.05, 0) is 12.1 Å². The van der Waals surface area contributed by atoms with E-state index < -0.39 is 0 Å². The van der Waals surface area contributed by atoms with E-state index >= 15 is 0 Å². The molecule has 0 aliphatic carbocycles. The molecule has 1 aromatic rings. The Bertz CT molecular complexity index is 105. The minimum Gasteiger partial charge on any atom is -0.861 e. The molecule has 11 heavy (non-hydrogen) atoms. The number of rotatable bonds is 0. The Morgan fingerprint density at radius 3 is 1.64 bits per heavy atom. The van der Waals surface area contributed by atoms with Crippen LogP contribution in [0.4, 0.5) is 0 Å². The van der Waals surface area contributed by atoms with E-state index in [0.29, 0.717) is 0 Å². The van der Waals surface area contributed by atoms with Gasteiger partial charge in [-0.15, -0.1) is 0 Å². The Kier molecular flexibility index (Phi) is 27.4. The summed E-state index contributed by atoms with van der Waals surface area (Å²) in [5.41, 5.74) is 0. The number of aromatic nitrogens is 1. The summed E-state index contributed by atoms with van der Waals surface area (Å²) in [5.74, 6) is 0. The van der Waals surface area contributed by atoms with Gasteiger partial charge in [0.15, 0.2) is 7.69 Å². The number of nitrogens with zero attached hydrogens (tertiary/aromatic N) is 1. The van der Waals surface area contributed by atoms with Crippen molar-refractivity contribution < 1.29 is 66.9 Å². The maximum absolute atomic E-state index is 8.36. The summed E-state index contributed by atoms with van der Waals surface area (Å²) in [4.78, 5) is 3.78. The third-order valence-electron chi connectivity index (χ3n) is 0.566. The maximum Gasteiger partial charge on any atom is 1.00 e. The molecule has 1 aromatic heterocycles. The maximum atomic E-state index is 8.36. The van der Waals surface area contributed by atoms with Crippen LogP contribution in [0.5, 0.6) is 0 Å². The molecule has 0 saturated carbocycles. The Balaban J connectivity index is -0.000000116. The van der Waals surface area contributed by atoms with Gasteiger partial charge >= 0.3 is 51.4 Å². The minimum absolute atomic E-state index is 0. The second-order valence-corrected chi connectivity index (χ2v) is 1.13. The molecule has 0 aliphatic rings. The minimum atomic E-state index is -0.250. The molecule has 0 atom stereocenters. The van der Waals surface area contributed by atoms with E-state index in [2.05, 4.69) is 4.98 Å². The Labute approximate surface area is 109 Å². The van der Waals surface area contributed by atoms with Crippen LogP contribution in [0.3, 0.4) is 0 Å². The molecule has 3 N–H and O–H groups in total. The summed E-state index contributed by atoms with van der Waals surface area (Å²) >= 11 is 0. The molecule has 1 radical (unpaired) electrons. The largest absolute Gasteiger partial charge is 1.00 e. The SMILES string of the molecule is O.[K+].[O-][B]O.c1ccncc1. The van der Waals surface area contributed by atoms with Crippen molar-refractivity contribution in [2.24, 2.45) is 0 Å². The third-order valence-corrected chi connectivity index (χ3v) is 0.566. The van der Waals surface area contributed by atoms with E-state index in [0.717, 1.165) is 0 Å². The topological polar surface area (TPSA) is 87.7 Å². The predicted octanol–water partition coefficient (Wildman–Crippen LogP) is -4.87. The standard InChI is InChI=1S/C5H5N.BHO2.K.H2O/c1-2-4-6-5-3-1;2-1-3;;/h1-5H;2H;;1H2/q;-1;+1;. The average Bonchev–Trinajstić information content (AvgIpc) is 1.93. The second-order valence-electron chi connectivity index (χ2n) is 1.13. The summed E-state index contributed by atoms with van der Waals surface area (Å²) in [5, 5.41) is 15.2. The predicted molar refractivity (Wildman–Crippen MR) is 35.8 cm³/mol. The molecule has 0 unspecified atom stereocenters. The summed E-state index contributed by atoms with van der Waals surface area (Å²) in [6.45, 7) is 0. The Morgan fingerprint density at radius 2 is 1.55 bits per heavy atom. The normalized spacial score (nSPS) is 5.64. The fourth-order valence-electron chi connectivity index (χ4n) is 0.313. The summed E-state index contributed by atoms with van der Waals surface area (Å²) < 4.78 is 0. The van der Waals surface area contributed by atoms with Crippen molar-refractivity contribution in [3.05, 3.63) is 30.6 Å². The number of hydrogen-bond donors (Lipinski definition) is 1. The molecule has 0 bridgehead atoms. The first kappa shape index (κ1) is 17.7. The van der Waals surface area contributed by atoms with Gasteiger partial charge in [0.05, 0.1) is 0 Å². The van der Waals surface area contributed by atoms with Gasteiger partial charge in [0.2, 0.25) is 0 Å². The van der Waals surface area contributed by atoms with Crippen LogP contribution >= 0.6 is 0 Å². The number of pyridine rings is 1. The summed E-state index contributed by atoms with van der Waals surface area (Å²) in [6, 6.07) is 5.72. The van der Waals surface area contributed by atoms with Crippen LogP contribution in [0, 0.1) is 0 Å². The first-order valence-electron chi connectivity index (χ1n) is 2.34. The Hall–Kier alpha value is 0.731. The Morgan fingerprint density at radius 1 is 1.18 bits per heavy atom. The third kappa shape index (κ3) is 18.1. The van der Waals surface area contributed by atoms with Crippen molar-refractivity contribution in [2.75, 3.05) is 0 Å². The molecular weight excluding hydrogens is 172 g/mol. The molecule has 0 aromatic carbocycles. The fraction of sp³-hybridized carbons (Fsp3) is 0. The monoisotopic (exact) mass is 180 g/mol. The van der Waals surface area contributed by atoms with E-state index in [4.69, 9.17) is 10.0 Å². The van der Waals surface area contributed by atoms with Crippen molar-refractivity contribution >= 4 is 7.69 Å². The van der Waals surface area contributed by atoms with Gasteiger partial charge in [0.25, 0.3) is 0 Å². The van der Waals surface area contributed by atoms with Crippen molar-refractivity contribution in [2.45, 2.75) is 0 Å². The molecule has 6 heteroatoms. The van der Waals surface area contributed by atoms with E-state index in [1.165, 1.54) is 0 Å². The summed E-state index contributed by atoms with van der Waals surface area (Å²) in [7, 11) is -0.250. The quantitative estimate of drug-likeness (QED) is 0.406. The van der Waals surface area contributed by atoms with Gasteiger partial charge in [0.1, 0.15) is 0 Å². The van der Waals surface area contributed by atoms with Crippen molar-refractivity contribution in [3.8, 4) is 0 Å². The molecule has 4 nitrogen and oxygen atoms in total. The molecule has 0 amide bonds. The van der Waals surface area contributed by atoms with Crippen LogP contribution in [-0.2, 0) is 0 Å². The molecule has 0 spiro atoms. The zero-order chi connectivity index (χ0) is 6.95. The van der Waals surface area contributed by atoms with Gasteiger partial charge < -0.3 is 15.5 Å². The second kappa shape index (κ2) is 17.0. The first-order chi connectivity index (χ1) is 4.41. The molecule has 0 fully saturated rings. The van der Waals surface area contributed by atoms with Crippen LogP contribution in [0.15, 0.2) is 30.6 Å². The van der Waals surface area contributed by atoms with E-state index in [9.17, 15) is 0 Å². The van der Waals surface area contributed by atoms with Crippen molar-refractivity contribution in [3.63, 3.8) is 0 Å². The van der Waals surface area contributed by atoms with Crippen LogP contribution < -0.4 is 56.4 Å². The molecule has 1 heterocycles. The molecule has 1 rings (SSSR count). The van der Waals surface area contributed by atoms with Crippen LogP contribution in [0.2, 0.25) is 0 Å². The molecule has 0 aliphatic heterocycles. The zero-order valence-corrected chi connectivity index (χ0v) is 9.39. The van der Waals surface area contributed by atoms with E-state index in [-0.39, 0.29) is 64.5 Å². The van der Waals surface area contributed by atoms with Crippen LogP contribution in [-0.4, -0.2) is 23.2 Å². The molecular formula is C5H8BKNO3. The number of hydrogen-bond acceptors (Lipinski definition) is 3. The molecule has 55 valence electrons. The molecule has 0 saturated heterocycles. The van der Waals surface area contributed by atoms with Crippen molar-refractivity contribution in [1.29, 1.82) is 0 Å². The van der Waals surface area contributed by atoms with Gasteiger partial charge in [0, 0.05) is 12.4 Å². The van der Waals surface area contributed by atoms with E-state index in [1.54, 1.807) is 12.4 Å².